The maximum absolute atomic E-state index is 10.6. The molecule has 0 aliphatic carbocycles. The minimum absolute atomic E-state index is 0. The zero-order valence-corrected chi connectivity index (χ0v) is 8.77. The molecule has 0 saturated carbocycles. The van der Waals surface area contributed by atoms with Crippen molar-refractivity contribution < 1.29 is 4.92 Å². The van der Waals surface area contributed by atoms with Crippen LogP contribution in [0.4, 0.5) is 11.5 Å². The number of hydrogen-bond acceptors (Lipinski definition) is 3. The molecule has 14 heavy (non-hydrogen) atoms. The maximum Gasteiger partial charge on any atom is 0.293 e. The van der Waals surface area contributed by atoms with Crippen molar-refractivity contribution >= 4 is 39.4 Å². The van der Waals surface area contributed by atoms with Gasteiger partial charge in [-0.3, -0.25) is 10.1 Å². The molecule has 0 amide bonds. The quantitative estimate of drug-likeness (QED) is 0.607. The number of benzene rings is 1. The monoisotopic (exact) mass is 257 g/mol. The third-order valence-corrected chi connectivity index (χ3v) is 1.85. The Bertz CT molecular complexity index is 480. The molecule has 0 fully saturated rings. The summed E-state index contributed by atoms with van der Waals surface area (Å²) in [7, 11) is 0. The third kappa shape index (κ3) is 1.56. The van der Waals surface area contributed by atoms with E-state index in [1.165, 1.54) is 6.07 Å². The fourth-order valence-corrected chi connectivity index (χ4v) is 1.31. The largest absolute Gasteiger partial charge is 0.385 e. The van der Waals surface area contributed by atoms with Crippen LogP contribution in [0.15, 0.2) is 24.3 Å². The first kappa shape index (κ1) is 10.5. The number of halogens is 1. The van der Waals surface area contributed by atoms with Crippen LogP contribution >= 0.6 is 17.0 Å². The molecule has 6 heteroatoms. The predicted molar refractivity (Wildman–Crippen MR) is 59.7 cm³/mol. The molecule has 0 spiro atoms. The van der Waals surface area contributed by atoms with Crippen molar-refractivity contribution in [2.24, 2.45) is 0 Å². The van der Waals surface area contributed by atoms with Crippen LogP contribution in [0.5, 0.6) is 0 Å². The van der Waals surface area contributed by atoms with Crippen molar-refractivity contribution in [3.05, 3.63) is 34.4 Å². The summed E-state index contributed by atoms with van der Waals surface area (Å²) >= 11 is 0. The lowest BCUT2D eigenvalue weighted by Crippen LogP contribution is -1.89. The molecule has 74 valence electrons. The van der Waals surface area contributed by atoms with Gasteiger partial charge in [-0.2, -0.15) is 0 Å². The number of fused-ring (bicyclic) bond motifs is 1. The second-order valence-electron chi connectivity index (χ2n) is 2.72. The Balaban J connectivity index is 0.000000980. The number of nitrogen functional groups attached to an aromatic ring is 1. The van der Waals surface area contributed by atoms with Crippen LogP contribution in [0.25, 0.3) is 10.9 Å². The first-order chi connectivity index (χ1) is 6.18. The highest BCUT2D eigenvalue weighted by Crippen LogP contribution is 2.25. The molecule has 0 bridgehead atoms. The van der Waals surface area contributed by atoms with Crippen molar-refractivity contribution in [3.63, 3.8) is 0 Å². The van der Waals surface area contributed by atoms with Gasteiger partial charge >= 0.3 is 0 Å². The fourth-order valence-electron chi connectivity index (χ4n) is 1.31. The lowest BCUT2D eigenvalue weighted by Gasteiger charge is -1.91. The highest BCUT2D eigenvalue weighted by Gasteiger charge is 2.12. The standard InChI is InChI=1S/C8H7N3O2.BrH/c9-7-4-5-2-1-3-6(11(12)13)8(5)10-7;/h1-4,10H,9H2;1H. The minimum atomic E-state index is -0.432. The summed E-state index contributed by atoms with van der Waals surface area (Å²) in [4.78, 5) is 12.9. The van der Waals surface area contributed by atoms with E-state index in [1.807, 2.05) is 0 Å². The number of nitrogens with one attached hydrogen (secondary N) is 1. The number of H-pyrrole nitrogens is 1. The molecule has 1 aromatic carbocycles. The summed E-state index contributed by atoms with van der Waals surface area (Å²) in [6.07, 6.45) is 0. The first-order valence-electron chi connectivity index (χ1n) is 3.70. The molecule has 0 unspecified atom stereocenters. The number of nitro groups is 1. The van der Waals surface area contributed by atoms with E-state index in [0.29, 0.717) is 11.3 Å². The Morgan fingerprint density at radius 2 is 2.14 bits per heavy atom. The zero-order valence-electron chi connectivity index (χ0n) is 7.06. The second kappa shape index (κ2) is 3.67. The number of non-ortho nitro benzene ring substituents is 1. The summed E-state index contributed by atoms with van der Waals surface area (Å²) in [5, 5.41) is 11.3. The Hall–Kier alpha value is -1.56. The predicted octanol–water partition coefficient (Wildman–Crippen LogP) is 2.24. The van der Waals surface area contributed by atoms with Crippen molar-refractivity contribution in [2.75, 3.05) is 5.73 Å². The van der Waals surface area contributed by atoms with Crippen molar-refractivity contribution in [1.29, 1.82) is 0 Å². The Morgan fingerprint density at radius 1 is 1.43 bits per heavy atom. The van der Waals surface area contributed by atoms with E-state index < -0.39 is 4.92 Å². The van der Waals surface area contributed by atoms with Gasteiger partial charge in [0.15, 0.2) is 0 Å². The normalized spacial score (nSPS) is 9.71. The van der Waals surface area contributed by atoms with E-state index in [-0.39, 0.29) is 22.7 Å². The molecule has 0 saturated heterocycles. The van der Waals surface area contributed by atoms with Gasteiger partial charge in [-0.05, 0) is 6.07 Å². The van der Waals surface area contributed by atoms with Gasteiger partial charge in [0, 0.05) is 11.5 Å². The molecule has 5 nitrogen and oxygen atoms in total. The number of aromatic nitrogens is 1. The van der Waals surface area contributed by atoms with Crippen LogP contribution in [-0.2, 0) is 0 Å². The molecule has 0 radical (unpaired) electrons. The van der Waals surface area contributed by atoms with Crippen LogP contribution in [0, 0.1) is 10.1 Å². The molecule has 1 aromatic heterocycles. The molecular formula is C8H8BrN3O2. The highest BCUT2D eigenvalue weighted by molar-refractivity contribution is 8.93. The van der Waals surface area contributed by atoms with Crippen LogP contribution < -0.4 is 5.73 Å². The zero-order chi connectivity index (χ0) is 9.42. The second-order valence-corrected chi connectivity index (χ2v) is 2.72. The molecule has 2 aromatic rings. The molecular weight excluding hydrogens is 250 g/mol. The molecule has 2 rings (SSSR count). The number of nitrogens with zero attached hydrogens (tertiary/aromatic N) is 1. The third-order valence-electron chi connectivity index (χ3n) is 1.85. The number of hydrogen-bond donors (Lipinski definition) is 2. The van der Waals surface area contributed by atoms with Gasteiger partial charge in [0.05, 0.1) is 4.92 Å². The summed E-state index contributed by atoms with van der Waals surface area (Å²) in [6.45, 7) is 0. The first-order valence-corrected chi connectivity index (χ1v) is 3.70. The van der Waals surface area contributed by atoms with Gasteiger partial charge in [0.2, 0.25) is 0 Å². The van der Waals surface area contributed by atoms with Gasteiger partial charge in [0.25, 0.3) is 5.69 Å². The number of nitrogens with two attached hydrogens (primary N) is 1. The van der Waals surface area contributed by atoms with Crippen LogP contribution in [0.2, 0.25) is 0 Å². The van der Waals surface area contributed by atoms with Crippen molar-refractivity contribution in [1.82, 2.24) is 4.98 Å². The molecule has 3 N–H and O–H groups in total. The average molecular weight is 258 g/mol. The average Bonchev–Trinajstić information content (AvgIpc) is 2.43. The highest BCUT2D eigenvalue weighted by atomic mass is 79.9. The van der Waals surface area contributed by atoms with Gasteiger partial charge in [-0.15, -0.1) is 17.0 Å². The number of nitro benzene ring substituents is 1. The van der Waals surface area contributed by atoms with Crippen LogP contribution in [0.3, 0.4) is 0 Å². The van der Waals surface area contributed by atoms with E-state index in [4.69, 9.17) is 5.73 Å². The smallest absolute Gasteiger partial charge is 0.293 e. The summed E-state index contributed by atoms with van der Waals surface area (Å²) in [5.41, 5.74) is 6.01. The Labute approximate surface area is 89.8 Å². The topological polar surface area (TPSA) is 84.9 Å². The molecule has 1 heterocycles. The fraction of sp³-hybridized carbons (Fsp3) is 0. The molecule has 0 aliphatic rings. The van der Waals surface area contributed by atoms with E-state index in [9.17, 15) is 10.1 Å². The molecule has 0 atom stereocenters. The maximum atomic E-state index is 10.6. The number of aromatic amines is 1. The number of para-hydroxylation sites is 1. The summed E-state index contributed by atoms with van der Waals surface area (Å²) in [6, 6.07) is 6.52. The minimum Gasteiger partial charge on any atom is -0.385 e. The van der Waals surface area contributed by atoms with E-state index >= 15 is 0 Å². The van der Waals surface area contributed by atoms with Crippen LogP contribution in [-0.4, -0.2) is 9.91 Å². The van der Waals surface area contributed by atoms with E-state index in [2.05, 4.69) is 4.98 Å². The number of anilines is 1. The van der Waals surface area contributed by atoms with E-state index in [1.54, 1.807) is 18.2 Å². The van der Waals surface area contributed by atoms with Gasteiger partial charge < -0.3 is 10.7 Å². The number of rotatable bonds is 1. The van der Waals surface area contributed by atoms with Gasteiger partial charge in [-0.25, -0.2) is 0 Å². The Kier molecular flexibility index (Phi) is 2.76. The Morgan fingerprint density at radius 3 is 2.79 bits per heavy atom. The summed E-state index contributed by atoms with van der Waals surface area (Å²) in [5.74, 6) is 0.435. The summed E-state index contributed by atoms with van der Waals surface area (Å²) < 4.78 is 0. The lowest BCUT2D eigenvalue weighted by atomic mass is 10.2. The van der Waals surface area contributed by atoms with Gasteiger partial charge in [-0.1, -0.05) is 12.1 Å². The SMILES string of the molecule is Br.Nc1cc2cccc([N+](=O)[O-])c2[nH]1. The van der Waals surface area contributed by atoms with Crippen molar-refractivity contribution in [2.45, 2.75) is 0 Å². The van der Waals surface area contributed by atoms with Crippen LogP contribution in [0.1, 0.15) is 0 Å². The van der Waals surface area contributed by atoms with Gasteiger partial charge in [0.1, 0.15) is 11.3 Å². The van der Waals surface area contributed by atoms with E-state index in [0.717, 1.165) is 5.39 Å². The molecule has 0 aliphatic heterocycles. The lowest BCUT2D eigenvalue weighted by molar-refractivity contribution is -0.383. The van der Waals surface area contributed by atoms with Crippen molar-refractivity contribution in [3.8, 4) is 0 Å².